The van der Waals surface area contributed by atoms with Crippen LogP contribution in [0.25, 0.3) is 0 Å². The number of pyridine rings is 1. The molecule has 1 amide bonds. The van der Waals surface area contributed by atoms with Crippen LogP contribution in [0.15, 0.2) is 18.3 Å². The number of aryl methyl sites for hydroxylation is 1. The number of nitrogens with zero attached hydrogens (tertiary/aromatic N) is 2. The lowest BCUT2D eigenvalue weighted by Crippen LogP contribution is -2.41. The van der Waals surface area contributed by atoms with E-state index in [0.717, 1.165) is 31.5 Å². The number of alkyl halides is 1. The number of carbonyl (C=O) groups is 1. The number of aromatic nitrogens is 1. The van der Waals surface area contributed by atoms with Crippen molar-refractivity contribution in [2.24, 2.45) is 5.92 Å². The summed E-state index contributed by atoms with van der Waals surface area (Å²) in [7, 11) is 0. The van der Waals surface area contributed by atoms with E-state index in [1.165, 1.54) is 0 Å². The van der Waals surface area contributed by atoms with E-state index in [9.17, 15) is 4.79 Å². The molecule has 2 rings (SSSR count). The third-order valence-electron chi connectivity index (χ3n) is 3.24. The average Bonchev–Trinajstić information content (AvgIpc) is 2.38. The van der Waals surface area contributed by atoms with Crippen LogP contribution in [0.1, 0.15) is 28.9 Å². The summed E-state index contributed by atoms with van der Waals surface area (Å²) in [6, 6.07) is 3.77. The monoisotopic (exact) mass is 252 g/mol. The topological polar surface area (TPSA) is 33.2 Å². The summed E-state index contributed by atoms with van der Waals surface area (Å²) in [5.74, 6) is 1.10. The molecule has 1 atom stereocenters. The molecule has 0 radical (unpaired) electrons. The summed E-state index contributed by atoms with van der Waals surface area (Å²) >= 11 is 5.87. The van der Waals surface area contributed by atoms with Gasteiger partial charge in [-0.2, -0.15) is 0 Å². The van der Waals surface area contributed by atoms with Gasteiger partial charge in [0.05, 0.1) is 0 Å². The molecule has 0 bridgehead atoms. The molecule has 1 aromatic rings. The highest BCUT2D eigenvalue weighted by Crippen LogP contribution is 2.19. The van der Waals surface area contributed by atoms with Gasteiger partial charge in [-0.25, -0.2) is 0 Å². The highest BCUT2D eigenvalue weighted by molar-refractivity contribution is 6.18. The van der Waals surface area contributed by atoms with Gasteiger partial charge in [-0.05, 0) is 37.3 Å². The number of carbonyl (C=O) groups excluding carboxylic acids is 1. The van der Waals surface area contributed by atoms with E-state index in [1.807, 2.05) is 24.0 Å². The second-order valence-electron chi connectivity index (χ2n) is 4.58. The smallest absolute Gasteiger partial charge is 0.272 e. The minimum absolute atomic E-state index is 0.0397. The molecule has 0 spiro atoms. The molecule has 0 N–H and O–H groups in total. The first kappa shape index (κ1) is 12.4. The third kappa shape index (κ3) is 2.78. The van der Waals surface area contributed by atoms with E-state index in [-0.39, 0.29) is 5.91 Å². The van der Waals surface area contributed by atoms with Gasteiger partial charge in [0.25, 0.3) is 5.91 Å². The van der Waals surface area contributed by atoms with Crippen LogP contribution in [-0.2, 0) is 0 Å². The normalized spacial score (nSPS) is 20.4. The van der Waals surface area contributed by atoms with Crippen molar-refractivity contribution in [3.63, 3.8) is 0 Å². The highest BCUT2D eigenvalue weighted by Gasteiger charge is 2.25. The van der Waals surface area contributed by atoms with Crippen molar-refractivity contribution in [1.29, 1.82) is 0 Å². The van der Waals surface area contributed by atoms with Crippen LogP contribution in [0, 0.1) is 12.8 Å². The Kier molecular flexibility index (Phi) is 4.00. The van der Waals surface area contributed by atoms with Gasteiger partial charge in [-0.1, -0.05) is 6.07 Å². The lowest BCUT2D eigenvalue weighted by Gasteiger charge is -2.31. The Labute approximate surface area is 107 Å². The molecule has 1 fully saturated rings. The molecule has 0 aliphatic carbocycles. The van der Waals surface area contributed by atoms with Crippen LogP contribution in [0.2, 0.25) is 0 Å². The molecule has 4 heteroatoms. The maximum Gasteiger partial charge on any atom is 0.272 e. The average molecular weight is 253 g/mol. The molecule has 1 aliphatic heterocycles. The van der Waals surface area contributed by atoms with E-state index < -0.39 is 0 Å². The van der Waals surface area contributed by atoms with Crippen molar-refractivity contribution in [3.8, 4) is 0 Å². The van der Waals surface area contributed by atoms with Gasteiger partial charge >= 0.3 is 0 Å². The summed E-state index contributed by atoms with van der Waals surface area (Å²) in [5.41, 5.74) is 1.51. The van der Waals surface area contributed by atoms with Crippen molar-refractivity contribution >= 4 is 17.5 Å². The Bertz CT molecular complexity index is 408. The van der Waals surface area contributed by atoms with Crippen LogP contribution >= 0.6 is 11.6 Å². The van der Waals surface area contributed by atoms with Crippen LogP contribution in [0.3, 0.4) is 0 Å². The number of piperidine rings is 1. The molecule has 1 aliphatic rings. The summed E-state index contributed by atoms with van der Waals surface area (Å²) < 4.78 is 0. The summed E-state index contributed by atoms with van der Waals surface area (Å²) in [5, 5.41) is 0. The molecule has 0 saturated carbocycles. The Morgan fingerprint density at radius 2 is 2.47 bits per heavy atom. The lowest BCUT2D eigenvalue weighted by atomic mass is 9.99. The van der Waals surface area contributed by atoms with Crippen LogP contribution in [0.4, 0.5) is 0 Å². The van der Waals surface area contributed by atoms with Crippen molar-refractivity contribution in [2.45, 2.75) is 19.8 Å². The zero-order valence-electron chi connectivity index (χ0n) is 10.0. The summed E-state index contributed by atoms with van der Waals surface area (Å²) in [6.45, 7) is 3.50. The second-order valence-corrected chi connectivity index (χ2v) is 4.89. The Balaban J connectivity index is 2.12. The predicted molar refractivity (Wildman–Crippen MR) is 68.3 cm³/mol. The first-order chi connectivity index (χ1) is 8.22. The van der Waals surface area contributed by atoms with Gasteiger partial charge in [0.2, 0.25) is 0 Å². The number of rotatable bonds is 2. The fourth-order valence-electron chi connectivity index (χ4n) is 2.23. The SMILES string of the molecule is Cc1cccnc1C(=O)N1CCCC(CCl)C1. The summed E-state index contributed by atoms with van der Waals surface area (Å²) in [4.78, 5) is 18.4. The first-order valence-electron chi connectivity index (χ1n) is 5.99. The fraction of sp³-hybridized carbons (Fsp3) is 0.538. The van der Waals surface area contributed by atoms with Crippen molar-refractivity contribution in [3.05, 3.63) is 29.6 Å². The zero-order chi connectivity index (χ0) is 12.3. The number of likely N-dealkylation sites (tertiary alicyclic amines) is 1. The number of halogens is 1. The van der Waals surface area contributed by atoms with Crippen LogP contribution in [-0.4, -0.2) is 34.8 Å². The third-order valence-corrected chi connectivity index (χ3v) is 3.67. The van der Waals surface area contributed by atoms with E-state index in [2.05, 4.69) is 4.98 Å². The highest BCUT2D eigenvalue weighted by atomic mass is 35.5. The molecule has 0 aromatic carbocycles. The first-order valence-corrected chi connectivity index (χ1v) is 6.52. The van der Waals surface area contributed by atoms with Gasteiger partial charge in [0.1, 0.15) is 5.69 Å². The largest absolute Gasteiger partial charge is 0.337 e. The van der Waals surface area contributed by atoms with Gasteiger partial charge in [-0.3, -0.25) is 9.78 Å². The quantitative estimate of drug-likeness (QED) is 0.758. The van der Waals surface area contributed by atoms with Gasteiger partial charge in [0.15, 0.2) is 0 Å². The molecular formula is C13H17ClN2O. The van der Waals surface area contributed by atoms with Crippen LogP contribution < -0.4 is 0 Å². The zero-order valence-corrected chi connectivity index (χ0v) is 10.8. The molecule has 3 nitrogen and oxygen atoms in total. The van der Waals surface area contributed by atoms with E-state index in [1.54, 1.807) is 6.20 Å². The molecule has 1 aromatic heterocycles. The van der Waals surface area contributed by atoms with Crippen LogP contribution in [0.5, 0.6) is 0 Å². The van der Waals surface area contributed by atoms with E-state index >= 15 is 0 Å². The number of hydrogen-bond donors (Lipinski definition) is 0. The number of amides is 1. The second kappa shape index (κ2) is 5.50. The van der Waals surface area contributed by atoms with E-state index in [0.29, 0.717) is 17.5 Å². The van der Waals surface area contributed by atoms with Crippen molar-refractivity contribution in [1.82, 2.24) is 9.88 Å². The van der Waals surface area contributed by atoms with Crippen molar-refractivity contribution in [2.75, 3.05) is 19.0 Å². The molecular weight excluding hydrogens is 236 g/mol. The van der Waals surface area contributed by atoms with E-state index in [4.69, 9.17) is 11.6 Å². The minimum atomic E-state index is 0.0397. The summed E-state index contributed by atoms with van der Waals surface area (Å²) in [6.07, 6.45) is 3.83. The maximum atomic E-state index is 12.3. The Hall–Kier alpha value is -1.09. The van der Waals surface area contributed by atoms with Crippen molar-refractivity contribution < 1.29 is 4.79 Å². The molecule has 1 unspecified atom stereocenters. The standard InChI is InChI=1S/C13H17ClN2O/c1-10-4-2-6-15-12(10)13(17)16-7-3-5-11(8-14)9-16/h2,4,6,11H,3,5,7-9H2,1H3. The Morgan fingerprint density at radius 1 is 1.65 bits per heavy atom. The molecule has 1 saturated heterocycles. The van der Waals surface area contributed by atoms with Gasteiger partial charge in [-0.15, -0.1) is 11.6 Å². The van der Waals surface area contributed by atoms with Gasteiger partial charge in [0, 0.05) is 25.2 Å². The van der Waals surface area contributed by atoms with Gasteiger partial charge < -0.3 is 4.90 Å². The minimum Gasteiger partial charge on any atom is -0.337 e. The number of hydrogen-bond acceptors (Lipinski definition) is 2. The predicted octanol–water partition coefficient (Wildman–Crippen LogP) is 2.48. The molecule has 92 valence electrons. The maximum absolute atomic E-state index is 12.3. The lowest BCUT2D eigenvalue weighted by molar-refractivity contribution is 0.0678. The molecule has 17 heavy (non-hydrogen) atoms. The molecule has 2 heterocycles. The Morgan fingerprint density at radius 3 is 3.18 bits per heavy atom. The fourth-order valence-corrected chi connectivity index (χ4v) is 2.49.